The number of hydrogen-bond acceptors (Lipinski definition) is 4. The van der Waals surface area contributed by atoms with Crippen LogP contribution in [0.3, 0.4) is 0 Å². The molecule has 5 heteroatoms. The van der Waals surface area contributed by atoms with Gasteiger partial charge in [0.05, 0.1) is 16.5 Å². The number of hydrogen-bond donors (Lipinski definition) is 0. The van der Waals surface area contributed by atoms with Crippen molar-refractivity contribution in [1.29, 1.82) is 0 Å². The Bertz CT molecular complexity index is 797. The molecule has 4 nitrogen and oxygen atoms in total. The molecule has 0 bridgehead atoms. The maximum atomic E-state index is 12.1. The molecule has 0 spiro atoms. The maximum Gasteiger partial charge on any atom is 0.152 e. The van der Waals surface area contributed by atoms with Gasteiger partial charge in [-0.25, -0.2) is 8.42 Å². The molecule has 0 amide bonds. The Kier molecular flexibility index (Phi) is 6.49. The van der Waals surface area contributed by atoms with Crippen LogP contribution in [0.4, 0.5) is 0 Å². The Morgan fingerprint density at radius 3 is 2.62 bits per heavy atom. The minimum absolute atomic E-state index is 0.179. The summed E-state index contributed by atoms with van der Waals surface area (Å²) in [6.07, 6.45) is 4.79. The summed E-state index contributed by atoms with van der Waals surface area (Å²) in [5, 5.41) is 0.723. The van der Waals surface area contributed by atoms with E-state index in [1.165, 1.54) is 0 Å². The van der Waals surface area contributed by atoms with Crippen LogP contribution >= 0.6 is 0 Å². The molecule has 0 aliphatic heterocycles. The van der Waals surface area contributed by atoms with Crippen molar-refractivity contribution < 1.29 is 13.2 Å². The standard InChI is InChI=1S/C19H25NO3S/c1-15(2)24(22,23)11-7-3-4-9-18(21)13-16-12-17-8-5-6-10-19(17)20-14-16/h5-6,8,10,12,14-15H,3-4,7,9,11,13H2,1-2H3. The summed E-state index contributed by atoms with van der Waals surface area (Å²) < 4.78 is 23.4. The van der Waals surface area contributed by atoms with Crippen LogP contribution in [0.25, 0.3) is 10.9 Å². The monoisotopic (exact) mass is 347 g/mol. The molecular weight excluding hydrogens is 322 g/mol. The first-order chi connectivity index (χ1) is 11.4. The molecule has 0 N–H and O–H groups in total. The number of carbonyl (C=O) groups excluding carboxylic acids is 1. The molecule has 0 aliphatic carbocycles. The van der Waals surface area contributed by atoms with Gasteiger partial charge >= 0.3 is 0 Å². The van der Waals surface area contributed by atoms with Crippen molar-refractivity contribution in [2.75, 3.05) is 5.75 Å². The lowest BCUT2D eigenvalue weighted by atomic mass is 10.0. The van der Waals surface area contributed by atoms with Crippen LogP contribution in [0.15, 0.2) is 36.5 Å². The van der Waals surface area contributed by atoms with Crippen molar-refractivity contribution in [3.05, 3.63) is 42.1 Å². The molecule has 0 radical (unpaired) electrons. The summed E-state index contributed by atoms with van der Waals surface area (Å²) in [6, 6.07) is 9.85. The second-order valence-electron chi connectivity index (χ2n) is 6.48. The van der Waals surface area contributed by atoms with Gasteiger partial charge in [-0.1, -0.05) is 24.6 Å². The minimum atomic E-state index is -2.96. The van der Waals surface area contributed by atoms with Crippen LogP contribution in [0.2, 0.25) is 0 Å². The third kappa shape index (κ3) is 5.41. The minimum Gasteiger partial charge on any atom is -0.299 e. The Hall–Kier alpha value is -1.75. The number of nitrogens with zero attached hydrogens (tertiary/aromatic N) is 1. The van der Waals surface area contributed by atoms with Crippen LogP contribution < -0.4 is 0 Å². The number of fused-ring (bicyclic) bond motifs is 1. The van der Waals surface area contributed by atoms with Gasteiger partial charge in [0, 0.05) is 24.4 Å². The molecule has 0 saturated heterocycles. The van der Waals surface area contributed by atoms with E-state index in [-0.39, 0.29) is 16.8 Å². The molecule has 1 aromatic heterocycles. The van der Waals surface area contributed by atoms with Gasteiger partial charge in [-0.15, -0.1) is 0 Å². The number of ketones is 1. The van der Waals surface area contributed by atoms with Gasteiger partial charge in [0.1, 0.15) is 5.78 Å². The van der Waals surface area contributed by atoms with Gasteiger partial charge in [0.25, 0.3) is 0 Å². The zero-order valence-corrected chi connectivity index (χ0v) is 15.2. The number of benzene rings is 1. The second kappa shape index (κ2) is 8.38. The first-order valence-electron chi connectivity index (χ1n) is 8.45. The molecule has 0 saturated carbocycles. The van der Waals surface area contributed by atoms with Gasteiger partial charge in [-0.05, 0) is 44.4 Å². The predicted molar refractivity (Wildman–Crippen MR) is 97.8 cm³/mol. The van der Waals surface area contributed by atoms with Gasteiger partial charge in [0.2, 0.25) is 0 Å². The molecule has 2 aromatic rings. The summed E-state index contributed by atoms with van der Waals surface area (Å²) in [5.41, 5.74) is 1.86. The Morgan fingerprint density at radius 2 is 1.88 bits per heavy atom. The normalized spacial score (nSPS) is 12.0. The molecule has 0 unspecified atom stereocenters. The molecule has 1 aromatic carbocycles. The first-order valence-corrected chi connectivity index (χ1v) is 10.2. The van der Waals surface area contributed by atoms with Crippen LogP contribution in [0, 0.1) is 0 Å². The number of para-hydroxylation sites is 1. The number of sulfone groups is 1. The van der Waals surface area contributed by atoms with Crippen LogP contribution in [0.5, 0.6) is 0 Å². The summed E-state index contributed by atoms with van der Waals surface area (Å²) in [7, 11) is -2.96. The lowest BCUT2D eigenvalue weighted by molar-refractivity contribution is -0.118. The van der Waals surface area contributed by atoms with E-state index < -0.39 is 9.84 Å². The van der Waals surface area contributed by atoms with Crippen molar-refractivity contribution in [2.24, 2.45) is 0 Å². The number of unbranched alkanes of at least 4 members (excludes halogenated alkanes) is 2. The molecule has 24 heavy (non-hydrogen) atoms. The summed E-state index contributed by atoms with van der Waals surface area (Å²) in [6.45, 7) is 3.41. The molecule has 0 aliphatic rings. The molecule has 1 heterocycles. The highest BCUT2D eigenvalue weighted by atomic mass is 32.2. The lowest BCUT2D eigenvalue weighted by Crippen LogP contribution is -2.17. The zero-order chi connectivity index (χ0) is 17.6. The topological polar surface area (TPSA) is 64.1 Å². The van der Waals surface area contributed by atoms with Crippen LogP contribution in [-0.2, 0) is 21.1 Å². The molecule has 0 fully saturated rings. The summed E-state index contributed by atoms with van der Waals surface area (Å²) in [4.78, 5) is 16.4. The third-order valence-electron chi connectivity index (χ3n) is 4.15. The Labute approximate surface area is 144 Å². The number of aromatic nitrogens is 1. The quantitative estimate of drug-likeness (QED) is 0.648. The van der Waals surface area contributed by atoms with Crippen molar-refractivity contribution in [3.63, 3.8) is 0 Å². The van der Waals surface area contributed by atoms with Gasteiger partial charge in [-0.2, -0.15) is 0 Å². The number of carbonyl (C=O) groups is 1. The summed E-state index contributed by atoms with van der Waals surface area (Å²) >= 11 is 0. The van der Waals surface area contributed by atoms with E-state index >= 15 is 0 Å². The highest BCUT2D eigenvalue weighted by Gasteiger charge is 2.15. The number of rotatable bonds is 9. The van der Waals surface area contributed by atoms with Gasteiger partial charge in [0.15, 0.2) is 9.84 Å². The summed E-state index contributed by atoms with van der Waals surface area (Å²) in [5.74, 6) is 0.395. The molecule has 130 valence electrons. The molecule has 2 rings (SSSR count). The fraction of sp³-hybridized carbons (Fsp3) is 0.474. The second-order valence-corrected chi connectivity index (χ2v) is 9.15. The Morgan fingerprint density at radius 1 is 1.12 bits per heavy atom. The van der Waals surface area contributed by atoms with E-state index in [0.29, 0.717) is 19.3 Å². The van der Waals surface area contributed by atoms with E-state index in [1.54, 1.807) is 20.0 Å². The van der Waals surface area contributed by atoms with E-state index in [0.717, 1.165) is 29.3 Å². The lowest BCUT2D eigenvalue weighted by Gasteiger charge is -2.07. The largest absolute Gasteiger partial charge is 0.299 e. The highest BCUT2D eigenvalue weighted by molar-refractivity contribution is 7.91. The SMILES string of the molecule is CC(C)S(=O)(=O)CCCCCC(=O)Cc1cnc2ccccc2c1. The van der Waals surface area contributed by atoms with Crippen molar-refractivity contribution >= 4 is 26.5 Å². The third-order valence-corrected chi connectivity index (χ3v) is 6.45. The predicted octanol–water partition coefficient (Wildman–Crippen LogP) is 3.73. The number of Topliss-reactive ketones (excluding diaryl/α,β-unsaturated/α-hetero) is 1. The van der Waals surface area contributed by atoms with Gasteiger partial charge < -0.3 is 0 Å². The Balaban J connectivity index is 1.75. The van der Waals surface area contributed by atoms with Crippen LogP contribution in [0.1, 0.15) is 45.1 Å². The fourth-order valence-electron chi connectivity index (χ4n) is 2.57. The van der Waals surface area contributed by atoms with Crippen molar-refractivity contribution in [2.45, 2.75) is 51.2 Å². The zero-order valence-electron chi connectivity index (χ0n) is 14.4. The van der Waals surface area contributed by atoms with E-state index in [1.807, 2.05) is 30.3 Å². The molecular formula is C19H25NO3S. The van der Waals surface area contributed by atoms with Gasteiger partial charge in [-0.3, -0.25) is 9.78 Å². The van der Waals surface area contributed by atoms with E-state index in [4.69, 9.17) is 0 Å². The number of pyridine rings is 1. The van der Waals surface area contributed by atoms with Crippen LogP contribution in [-0.4, -0.2) is 30.2 Å². The average Bonchev–Trinajstić information content (AvgIpc) is 2.54. The highest BCUT2D eigenvalue weighted by Crippen LogP contribution is 2.14. The first kappa shape index (κ1) is 18.6. The molecule has 0 atom stereocenters. The maximum absolute atomic E-state index is 12.1. The van der Waals surface area contributed by atoms with E-state index in [2.05, 4.69) is 4.98 Å². The smallest absolute Gasteiger partial charge is 0.152 e. The van der Waals surface area contributed by atoms with Crippen molar-refractivity contribution in [1.82, 2.24) is 4.98 Å². The van der Waals surface area contributed by atoms with Crippen molar-refractivity contribution in [3.8, 4) is 0 Å². The van der Waals surface area contributed by atoms with E-state index in [9.17, 15) is 13.2 Å². The fourth-order valence-corrected chi connectivity index (χ4v) is 3.65. The average molecular weight is 347 g/mol.